The van der Waals surface area contributed by atoms with Gasteiger partial charge < -0.3 is 19.7 Å². The summed E-state index contributed by atoms with van der Waals surface area (Å²) in [6, 6.07) is 8.35. The van der Waals surface area contributed by atoms with E-state index in [4.69, 9.17) is 9.47 Å². The minimum Gasteiger partial charge on any atom is -0.507 e. The van der Waals surface area contributed by atoms with Gasteiger partial charge in [0.25, 0.3) is 0 Å². The van der Waals surface area contributed by atoms with Crippen LogP contribution in [0.5, 0.6) is 11.5 Å². The monoisotopic (exact) mass is 959 g/mol. The Bertz CT molecular complexity index is 1940. The average molecular weight is 959 g/mol. The summed E-state index contributed by atoms with van der Waals surface area (Å²) in [7, 11) is 4.34. The Labute approximate surface area is 422 Å². The largest absolute Gasteiger partial charge is 0.507 e. The molecule has 2 atom stereocenters. The number of phenols is 2. The molecule has 2 aromatic rings. The molecular weight excluding hydrogens is 857 g/mol. The quantitative estimate of drug-likeness (QED) is 0.160. The summed E-state index contributed by atoms with van der Waals surface area (Å²) in [4.78, 5) is 38.1. The number of hydrogen-bond acceptors (Lipinski definition) is 8. The van der Waals surface area contributed by atoms with Gasteiger partial charge in [-0.2, -0.15) is 0 Å². The van der Waals surface area contributed by atoms with E-state index in [1.54, 1.807) is 0 Å². The van der Waals surface area contributed by atoms with E-state index in [9.17, 15) is 10.2 Å². The molecule has 8 nitrogen and oxygen atoms in total. The number of piperidine rings is 2. The highest BCUT2D eigenvalue weighted by Gasteiger charge is 2.67. The molecule has 2 aliphatic rings. The topological polar surface area (TPSA) is 99.5 Å². The molecule has 2 unspecified atom stereocenters. The molecular formula is C61H102N2O6. The SMILES string of the molecule is CCC(C)(Cc1cc(C(C)(C)C)c(O)c(C(C)(C)C)c1)OC(=O)C(C(=O)OC(C)(CC)Cc1cc(C(C)(C)C)c(O)c(C(C)(C)C)c1)(C1CC(C)(C)N(C)C(C)(C)C1)C1CC(C)(C)N(C)C(C)(C)C1. The van der Waals surface area contributed by atoms with Crippen molar-refractivity contribution < 1.29 is 29.3 Å². The van der Waals surface area contributed by atoms with Crippen LogP contribution in [0.15, 0.2) is 24.3 Å². The summed E-state index contributed by atoms with van der Waals surface area (Å²) in [6.07, 6.45) is 4.21. The lowest BCUT2D eigenvalue weighted by molar-refractivity contribution is -0.212. The number of likely N-dealkylation sites (tertiary alicyclic amines) is 2. The normalized spacial score (nSPS) is 21.6. The molecule has 2 heterocycles. The predicted octanol–water partition coefficient (Wildman–Crippen LogP) is 14.3. The fourth-order valence-electron chi connectivity index (χ4n) is 12.3. The zero-order chi connectivity index (χ0) is 53.5. The van der Waals surface area contributed by atoms with Crippen LogP contribution in [0.1, 0.15) is 238 Å². The van der Waals surface area contributed by atoms with Gasteiger partial charge in [-0.1, -0.05) is 121 Å². The average Bonchev–Trinajstić information content (AvgIpc) is 3.15. The van der Waals surface area contributed by atoms with Crippen molar-refractivity contribution in [2.24, 2.45) is 17.3 Å². The van der Waals surface area contributed by atoms with E-state index < -0.39 is 40.4 Å². The number of nitrogens with zero attached hydrogens (tertiary/aromatic N) is 2. The molecule has 0 spiro atoms. The third-order valence-electron chi connectivity index (χ3n) is 17.5. The number of benzene rings is 2. The van der Waals surface area contributed by atoms with Crippen molar-refractivity contribution in [3.63, 3.8) is 0 Å². The lowest BCUT2D eigenvalue weighted by Crippen LogP contribution is -2.68. The van der Waals surface area contributed by atoms with E-state index in [2.05, 4.69) is 200 Å². The summed E-state index contributed by atoms with van der Waals surface area (Å²) in [5.41, 5.74) is -1.13. The molecule has 2 fully saturated rings. The summed E-state index contributed by atoms with van der Waals surface area (Å²) in [5.74, 6) is -1.18. The highest BCUT2D eigenvalue weighted by Crippen LogP contribution is 2.58. The van der Waals surface area contributed by atoms with E-state index in [-0.39, 0.29) is 43.8 Å². The van der Waals surface area contributed by atoms with E-state index in [1.807, 2.05) is 13.8 Å². The Morgan fingerprint density at radius 2 is 0.710 bits per heavy atom. The smallest absolute Gasteiger partial charge is 0.324 e. The van der Waals surface area contributed by atoms with Crippen LogP contribution in [0.4, 0.5) is 0 Å². The Morgan fingerprint density at radius 1 is 0.493 bits per heavy atom. The number of ether oxygens (including phenoxy) is 2. The van der Waals surface area contributed by atoms with E-state index >= 15 is 9.59 Å². The van der Waals surface area contributed by atoms with Crippen LogP contribution in [-0.4, -0.2) is 79.4 Å². The molecule has 2 saturated heterocycles. The minimum absolute atomic E-state index is 0.311. The molecule has 0 radical (unpaired) electrons. The Morgan fingerprint density at radius 3 is 0.899 bits per heavy atom. The number of esters is 2. The van der Waals surface area contributed by atoms with Crippen LogP contribution in [0.25, 0.3) is 0 Å². The molecule has 2 aromatic carbocycles. The van der Waals surface area contributed by atoms with E-state index in [0.29, 0.717) is 62.9 Å². The van der Waals surface area contributed by atoms with Crippen LogP contribution < -0.4 is 0 Å². The minimum atomic E-state index is -1.68. The van der Waals surface area contributed by atoms with Gasteiger partial charge in [-0.25, -0.2) is 0 Å². The summed E-state index contributed by atoms with van der Waals surface area (Å²) < 4.78 is 14.4. The molecule has 0 saturated carbocycles. The van der Waals surface area contributed by atoms with Gasteiger partial charge in [-0.3, -0.25) is 19.4 Å². The molecule has 2 N–H and O–H groups in total. The van der Waals surface area contributed by atoms with Gasteiger partial charge in [0.05, 0.1) is 0 Å². The van der Waals surface area contributed by atoms with Gasteiger partial charge in [0, 0.05) is 35.0 Å². The molecule has 4 rings (SSSR count). The van der Waals surface area contributed by atoms with Gasteiger partial charge >= 0.3 is 11.9 Å². The maximum atomic E-state index is 16.6. The van der Waals surface area contributed by atoms with E-state index in [0.717, 1.165) is 33.4 Å². The molecule has 0 aliphatic carbocycles. The summed E-state index contributed by atoms with van der Waals surface area (Å²) >= 11 is 0. The molecule has 0 bridgehead atoms. The first kappa shape index (κ1) is 58.5. The summed E-state index contributed by atoms with van der Waals surface area (Å²) in [6.45, 7) is 51.5. The third kappa shape index (κ3) is 11.9. The maximum absolute atomic E-state index is 16.6. The first-order chi connectivity index (χ1) is 30.7. The number of hydrogen-bond donors (Lipinski definition) is 2. The van der Waals surface area contributed by atoms with Crippen LogP contribution in [0, 0.1) is 17.3 Å². The molecule has 69 heavy (non-hydrogen) atoms. The maximum Gasteiger partial charge on any atom is 0.324 e. The van der Waals surface area contributed by atoms with Gasteiger partial charge in [0.2, 0.25) is 0 Å². The van der Waals surface area contributed by atoms with Crippen molar-refractivity contribution in [2.75, 3.05) is 14.1 Å². The lowest BCUT2D eigenvalue weighted by Gasteiger charge is -2.61. The van der Waals surface area contributed by atoms with Crippen LogP contribution >= 0.6 is 0 Å². The van der Waals surface area contributed by atoms with Crippen LogP contribution in [-0.2, 0) is 53.6 Å². The number of carbonyl (C=O) groups excluding carboxylic acids is 2. The van der Waals surface area contributed by atoms with Crippen LogP contribution in [0.2, 0.25) is 0 Å². The molecule has 0 amide bonds. The highest BCUT2D eigenvalue weighted by molar-refractivity contribution is 6.01. The number of carbonyl (C=O) groups is 2. The molecule has 8 heteroatoms. The standard InChI is InChI=1S/C61H102N2O6/c1-27-59(23,33-39-29-43(51(3,4)5)47(64)44(30-39)52(6,7)8)68-49(66)61(41-35-55(15,16)62(25)56(17,18)36-41,42-37-57(19,20)63(26)58(21,22)38-42)50(67)69-60(24,28-2)34-40-31-45(53(9,10)11)48(65)46(32-40)54(12,13)14/h29-32,41-42,64-65H,27-28,33-38H2,1-26H3. The fourth-order valence-corrected chi connectivity index (χ4v) is 12.3. The first-order valence-electron chi connectivity index (χ1n) is 26.4. The number of aromatic hydroxyl groups is 2. The van der Waals surface area contributed by atoms with Crippen molar-refractivity contribution in [1.82, 2.24) is 9.80 Å². The number of rotatable bonds is 12. The lowest BCUT2D eigenvalue weighted by atomic mass is 9.53. The Balaban J connectivity index is 2.07. The highest BCUT2D eigenvalue weighted by atomic mass is 16.6. The molecule has 2 aliphatic heterocycles. The van der Waals surface area contributed by atoms with Gasteiger partial charge in [-0.05, 0) is 189 Å². The van der Waals surface area contributed by atoms with Crippen molar-refractivity contribution in [3.8, 4) is 11.5 Å². The van der Waals surface area contributed by atoms with E-state index in [1.165, 1.54) is 0 Å². The van der Waals surface area contributed by atoms with Crippen molar-refractivity contribution in [1.29, 1.82) is 0 Å². The predicted molar refractivity (Wildman–Crippen MR) is 288 cm³/mol. The first-order valence-corrected chi connectivity index (χ1v) is 26.4. The Kier molecular flexibility index (Phi) is 15.9. The van der Waals surface area contributed by atoms with Gasteiger partial charge in [0.1, 0.15) is 22.7 Å². The van der Waals surface area contributed by atoms with Crippen LogP contribution in [0.3, 0.4) is 0 Å². The van der Waals surface area contributed by atoms with Crippen molar-refractivity contribution in [3.05, 3.63) is 57.6 Å². The molecule has 392 valence electrons. The zero-order valence-electron chi connectivity index (χ0n) is 49.0. The van der Waals surface area contributed by atoms with Gasteiger partial charge in [-0.15, -0.1) is 0 Å². The zero-order valence-corrected chi connectivity index (χ0v) is 49.0. The number of phenolic OH excluding ortho intramolecular Hbond substituents is 2. The second-order valence-corrected chi connectivity index (χ2v) is 29.3. The summed E-state index contributed by atoms with van der Waals surface area (Å²) in [5, 5.41) is 23.4. The van der Waals surface area contributed by atoms with Crippen molar-refractivity contribution >= 4 is 11.9 Å². The fraction of sp³-hybridized carbons (Fsp3) is 0.770. The second-order valence-electron chi connectivity index (χ2n) is 29.3. The molecule has 0 aromatic heterocycles. The Hall–Kier alpha value is -3.10. The second kappa shape index (κ2) is 18.7. The van der Waals surface area contributed by atoms with Gasteiger partial charge in [0.15, 0.2) is 5.41 Å². The van der Waals surface area contributed by atoms with Crippen molar-refractivity contribution in [2.45, 2.75) is 273 Å². The third-order valence-corrected chi connectivity index (χ3v) is 17.5.